The Kier molecular flexibility index (Phi) is 4.98. The van der Waals surface area contributed by atoms with E-state index in [2.05, 4.69) is 48.3 Å². The minimum Gasteiger partial charge on any atom is -0.308 e. The quantitative estimate of drug-likeness (QED) is 0.899. The van der Waals surface area contributed by atoms with Gasteiger partial charge in [-0.1, -0.05) is 27.7 Å². The largest absolute Gasteiger partial charge is 0.308 e. The second-order valence-corrected chi connectivity index (χ2v) is 6.99. The van der Waals surface area contributed by atoms with Crippen LogP contribution in [0.5, 0.6) is 0 Å². The predicted octanol–water partition coefficient (Wildman–Crippen LogP) is 3.13. The molecule has 0 radical (unpaired) electrons. The molecular weight excluding hydrogens is 254 g/mol. The minimum atomic E-state index is 0.294. The first kappa shape index (κ1) is 14.9. The van der Waals surface area contributed by atoms with E-state index in [1.54, 1.807) is 11.3 Å². The molecule has 0 spiro atoms. The number of piperazine rings is 1. The Morgan fingerprint density at radius 2 is 2.21 bits per heavy atom. The average Bonchev–Trinajstić information content (AvgIpc) is 2.91. The fraction of sp³-hybridized carbons (Fsp3) is 0.800. The van der Waals surface area contributed by atoms with E-state index in [0.29, 0.717) is 17.5 Å². The molecule has 0 aromatic carbocycles. The Bertz CT molecular complexity index is 371. The van der Waals surface area contributed by atoms with Gasteiger partial charge in [0, 0.05) is 36.2 Å². The van der Waals surface area contributed by atoms with Gasteiger partial charge in [-0.15, -0.1) is 11.3 Å². The number of thiazole rings is 1. The third kappa shape index (κ3) is 3.36. The molecule has 1 saturated heterocycles. The number of nitrogens with one attached hydrogen (secondary N) is 1. The second kappa shape index (κ2) is 6.33. The summed E-state index contributed by atoms with van der Waals surface area (Å²) in [7, 11) is 0. The van der Waals surface area contributed by atoms with Crippen molar-refractivity contribution in [3.05, 3.63) is 16.6 Å². The molecule has 2 rings (SSSR count). The Morgan fingerprint density at radius 3 is 2.74 bits per heavy atom. The van der Waals surface area contributed by atoms with Crippen LogP contribution in [0.4, 0.5) is 0 Å². The first-order chi connectivity index (χ1) is 9.10. The molecule has 1 atom stereocenters. The maximum atomic E-state index is 4.46. The van der Waals surface area contributed by atoms with E-state index < -0.39 is 0 Å². The van der Waals surface area contributed by atoms with Crippen LogP contribution >= 0.6 is 11.3 Å². The van der Waals surface area contributed by atoms with Crippen LogP contribution in [0.15, 0.2) is 11.6 Å². The normalized spacial score (nSPS) is 23.9. The van der Waals surface area contributed by atoms with Gasteiger partial charge in [0.2, 0.25) is 0 Å². The highest BCUT2D eigenvalue weighted by molar-refractivity contribution is 7.09. The van der Waals surface area contributed by atoms with Crippen LogP contribution in [0.25, 0.3) is 0 Å². The summed E-state index contributed by atoms with van der Waals surface area (Å²) in [5.74, 6) is 0.680. The number of aromatic nitrogens is 1. The van der Waals surface area contributed by atoms with Gasteiger partial charge in [0.05, 0.1) is 6.54 Å². The van der Waals surface area contributed by atoms with Crippen LogP contribution in [0.3, 0.4) is 0 Å². The highest BCUT2D eigenvalue weighted by atomic mass is 32.1. The van der Waals surface area contributed by atoms with Crippen molar-refractivity contribution in [2.75, 3.05) is 13.1 Å². The van der Waals surface area contributed by atoms with Gasteiger partial charge in [0.15, 0.2) is 0 Å². The lowest BCUT2D eigenvalue weighted by molar-refractivity contribution is 0.0443. The molecule has 1 aromatic heterocycles. The fourth-order valence-electron chi connectivity index (χ4n) is 3.07. The zero-order valence-electron chi connectivity index (χ0n) is 12.6. The summed E-state index contributed by atoms with van der Waals surface area (Å²) >= 11 is 1.77. The van der Waals surface area contributed by atoms with Crippen LogP contribution in [0, 0.1) is 5.92 Å². The van der Waals surface area contributed by atoms with Gasteiger partial charge < -0.3 is 5.32 Å². The summed E-state index contributed by atoms with van der Waals surface area (Å²) in [6.45, 7) is 12.5. The molecule has 1 fully saturated rings. The number of hydrogen-bond acceptors (Lipinski definition) is 4. The molecular formula is C15H27N3S. The molecule has 1 aromatic rings. The zero-order chi connectivity index (χ0) is 13.9. The Hall–Kier alpha value is -0.450. The van der Waals surface area contributed by atoms with Gasteiger partial charge in [-0.25, -0.2) is 4.98 Å². The maximum Gasteiger partial charge on any atom is 0.107 e. The lowest BCUT2D eigenvalue weighted by Crippen LogP contribution is -2.64. The average molecular weight is 281 g/mol. The van der Waals surface area contributed by atoms with Crippen molar-refractivity contribution in [1.82, 2.24) is 15.2 Å². The fourth-order valence-corrected chi connectivity index (χ4v) is 3.71. The van der Waals surface area contributed by atoms with Crippen molar-refractivity contribution < 1.29 is 0 Å². The minimum absolute atomic E-state index is 0.294. The Labute approximate surface area is 121 Å². The molecule has 0 saturated carbocycles. The van der Waals surface area contributed by atoms with Gasteiger partial charge in [-0.3, -0.25) is 4.90 Å². The van der Waals surface area contributed by atoms with Crippen LogP contribution < -0.4 is 5.32 Å². The van der Waals surface area contributed by atoms with Crippen molar-refractivity contribution in [3.8, 4) is 0 Å². The number of rotatable bonds is 5. The van der Waals surface area contributed by atoms with Gasteiger partial charge in [-0.2, -0.15) is 0 Å². The number of hydrogen-bond donors (Lipinski definition) is 1. The monoisotopic (exact) mass is 281 g/mol. The van der Waals surface area contributed by atoms with Crippen LogP contribution in [-0.4, -0.2) is 34.6 Å². The molecule has 2 heterocycles. The molecule has 0 amide bonds. The van der Waals surface area contributed by atoms with Gasteiger partial charge >= 0.3 is 0 Å². The molecule has 108 valence electrons. The lowest BCUT2D eigenvalue weighted by Gasteiger charge is -2.48. The zero-order valence-corrected chi connectivity index (χ0v) is 13.5. The van der Waals surface area contributed by atoms with Crippen LogP contribution in [0.1, 0.15) is 45.5 Å². The van der Waals surface area contributed by atoms with Crippen molar-refractivity contribution in [2.45, 2.75) is 58.7 Å². The molecule has 4 heteroatoms. The van der Waals surface area contributed by atoms with E-state index in [-0.39, 0.29) is 0 Å². The smallest absolute Gasteiger partial charge is 0.107 e. The topological polar surface area (TPSA) is 28.2 Å². The van der Waals surface area contributed by atoms with Gasteiger partial charge in [-0.05, 0) is 18.8 Å². The molecule has 1 aliphatic heterocycles. The highest BCUT2D eigenvalue weighted by Crippen LogP contribution is 2.27. The van der Waals surface area contributed by atoms with E-state index in [0.717, 1.165) is 19.6 Å². The Morgan fingerprint density at radius 1 is 1.47 bits per heavy atom. The van der Waals surface area contributed by atoms with Crippen LogP contribution in [-0.2, 0) is 6.54 Å². The molecule has 1 aliphatic rings. The SMILES string of the molecule is CCC1(CC)CN(Cc2nccs2)C(C(C)C)CN1. The van der Waals surface area contributed by atoms with Gasteiger partial charge in [0.25, 0.3) is 0 Å². The number of nitrogens with zero attached hydrogens (tertiary/aromatic N) is 2. The first-order valence-electron chi connectivity index (χ1n) is 7.47. The molecule has 0 bridgehead atoms. The maximum absolute atomic E-state index is 4.46. The summed E-state index contributed by atoms with van der Waals surface area (Å²) < 4.78 is 0. The summed E-state index contributed by atoms with van der Waals surface area (Å²) in [5, 5.41) is 7.14. The Balaban J connectivity index is 2.12. The van der Waals surface area contributed by atoms with E-state index >= 15 is 0 Å². The van der Waals surface area contributed by atoms with E-state index in [4.69, 9.17) is 0 Å². The summed E-state index contributed by atoms with van der Waals surface area (Å²) in [5.41, 5.74) is 0.294. The summed E-state index contributed by atoms with van der Waals surface area (Å²) in [4.78, 5) is 7.11. The van der Waals surface area contributed by atoms with E-state index in [1.165, 1.54) is 17.8 Å². The standard InChI is InChI=1S/C15H27N3S/c1-5-15(6-2)11-18(10-14-16-7-8-19-14)13(9-17-15)12(3)4/h7-8,12-13,17H,5-6,9-11H2,1-4H3. The van der Waals surface area contributed by atoms with Crippen molar-refractivity contribution in [3.63, 3.8) is 0 Å². The molecule has 19 heavy (non-hydrogen) atoms. The highest BCUT2D eigenvalue weighted by Gasteiger charge is 2.37. The lowest BCUT2D eigenvalue weighted by atomic mass is 9.86. The molecule has 3 nitrogen and oxygen atoms in total. The molecule has 1 unspecified atom stereocenters. The third-order valence-electron chi connectivity index (χ3n) is 4.61. The first-order valence-corrected chi connectivity index (χ1v) is 8.35. The summed E-state index contributed by atoms with van der Waals surface area (Å²) in [6.07, 6.45) is 4.31. The van der Waals surface area contributed by atoms with Crippen LogP contribution in [0.2, 0.25) is 0 Å². The van der Waals surface area contributed by atoms with E-state index in [9.17, 15) is 0 Å². The predicted molar refractivity (Wildman–Crippen MR) is 82.5 cm³/mol. The molecule has 1 N–H and O–H groups in total. The van der Waals surface area contributed by atoms with Crippen molar-refractivity contribution in [2.24, 2.45) is 5.92 Å². The summed E-state index contributed by atoms with van der Waals surface area (Å²) in [6, 6.07) is 0.620. The second-order valence-electron chi connectivity index (χ2n) is 6.01. The van der Waals surface area contributed by atoms with E-state index in [1.807, 2.05) is 6.20 Å². The third-order valence-corrected chi connectivity index (χ3v) is 5.37. The van der Waals surface area contributed by atoms with Crippen molar-refractivity contribution >= 4 is 11.3 Å². The van der Waals surface area contributed by atoms with Gasteiger partial charge in [0.1, 0.15) is 5.01 Å². The molecule has 0 aliphatic carbocycles. The van der Waals surface area contributed by atoms with Crippen molar-refractivity contribution in [1.29, 1.82) is 0 Å².